The Morgan fingerprint density at radius 2 is 2.04 bits per heavy atom. The Labute approximate surface area is 160 Å². The topological polar surface area (TPSA) is 75.7 Å². The van der Waals surface area contributed by atoms with Gasteiger partial charge in [0.15, 0.2) is 0 Å². The fourth-order valence-corrected chi connectivity index (χ4v) is 2.67. The second-order valence-electron chi connectivity index (χ2n) is 5.68. The van der Waals surface area contributed by atoms with E-state index in [0.717, 1.165) is 22.6 Å². The molecule has 0 radical (unpaired) electrons. The van der Waals surface area contributed by atoms with E-state index in [2.05, 4.69) is 5.32 Å². The third-order valence-electron chi connectivity index (χ3n) is 3.90. The van der Waals surface area contributed by atoms with Crippen molar-refractivity contribution in [3.8, 4) is 5.75 Å². The molecule has 1 unspecified atom stereocenters. The molecule has 0 aliphatic heterocycles. The van der Waals surface area contributed by atoms with E-state index in [1.807, 2.05) is 0 Å². The average molecular weight is 393 g/mol. The molecular weight excluding hydrogens is 375 g/mol. The molecule has 0 heterocycles. The third-order valence-corrected chi connectivity index (χ3v) is 4.13. The van der Waals surface area contributed by atoms with Crippen molar-refractivity contribution in [3.63, 3.8) is 0 Å². The molecule has 2 amide bonds. The summed E-state index contributed by atoms with van der Waals surface area (Å²) in [6.45, 7) is 1.51. The van der Waals surface area contributed by atoms with E-state index in [1.165, 1.54) is 20.1 Å². The number of ketones is 1. The van der Waals surface area contributed by atoms with E-state index in [-0.39, 0.29) is 18.0 Å². The largest absolute Gasteiger partial charge is 0.494 e. The van der Waals surface area contributed by atoms with Gasteiger partial charge < -0.3 is 15.0 Å². The van der Waals surface area contributed by atoms with Gasteiger partial charge >= 0.3 is 0 Å². The van der Waals surface area contributed by atoms with Gasteiger partial charge in [0.05, 0.1) is 12.8 Å². The van der Waals surface area contributed by atoms with Crippen molar-refractivity contribution in [1.29, 1.82) is 0 Å². The van der Waals surface area contributed by atoms with Crippen LogP contribution in [0.2, 0.25) is 5.02 Å². The van der Waals surface area contributed by atoms with Gasteiger partial charge in [-0.25, -0.2) is 4.39 Å². The van der Waals surface area contributed by atoms with Crippen LogP contribution < -0.4 is 15.0 Å². The molecule has 0 saturated carbocycles. The van der Waals surface area contributed by atoms with Crippen LogP contribution in [0.25, 0.3) is 0 Å². The zero-order valence-electron chi connectivity index (χ0n) is 14.7. The Kier molecular flexibility index (Phi) is 6.90. The highest BCUT2D eigenvalue weighted by Gasteiger charge is 2.28. The van der Waals surface area contributed by atoms with Gasteiger partial charge in [-0.15, -0.1) is 0 Å². The number of carbonyl (C=O) groups excluding carboxylic acids is 3. The first-order valence-electron chi connectivity index (χ1n) is 8.01. The summed E-state index contributed by atoms with van der Waals surface area (Å²) in [6, 6.07) is 9.24. The van der Waals surface area contributed by atoms with Gasteiger partial charge in [-0.2, -0.15) is 0 Å². The normalized spacial score (nSPS) is 11.4. The van der Waals surface area contributed by atoms with E-state index < -0.39 is 23.5 Å². The second-order valence-corrected chi connectivity index (χ2v) is 6.12. The molecule has 0 fully saturated rings. The molecule has 0 aliphatic rings. The number of amides is 2. The SMILES string of the molecule is COc1cc(F)ccc1N(C=O)C(C)C(=O)C(=O)NCc1cccc(Cl)c1. The number of hydrogen-bond donors (Lipinski definition) is 1. The van der Waals surface area contributed by atoms with Gasteiger partial charge in [-0.05, 0) is 36.8 Å². The van der Waals surface area contributed by atoms with Crippen LogP contribution in [0.5, 0.6) is 5.75 Å². The minimum Gasteiger partial charge on any atom is -0.494 e. The van der Waals surface area contributed by atoms with E-state index in [0.29, 0.717) is 11.4 Å². The first kappa shape index (κ1) is 20.4. The molecule has 1 atom stereocenters. The molecule has 2 rings (SSSR count). The van der Waals surface area contributed by atoms with Crippen LogP contribution in [-0.4, -0.2) is 31.3 Å². The standard InChI is InChI=1S/C19H18ClFN2O4/c1-12(23(11-24)16-7-6-15(21)9-17(16)27-2)18(25)19(26)22-10-13-4-3-5-14(20)8-13/h3-9,11-12H,10H2,1-2H3,(H,22,26). The number of ether oxygens (including phenoxy) is 1. The number of hydrogen-bond acceptors (Lipinski definition) is 4. The Bertz CT molecular complexity index is 859. The molecule has 2 aromatic rings. The van der Waals surface area contributed by atoms with Crippen LogP contribution in [0.4, 0.5) is 10.1 Å². The molecule has 142 valence electrons. The van der Waals surface area contributed by atoms with Gasteiger partial charge in [0.1, 0.15) is 17.6 Å². The summed E-state index contributed by atoms with van der Waals surface area (Å²) in [7, 11) is 1.31. The molecule has 27 heavy (non-hydrogen) atoms. The zero-order valence-corrected chi connectivity index (χ0v) is 15.5. The molecule has 2 aromatic carbocycles. The molecule has 1 N–H and O–H groups in total. The van der Waals surface area contributed by atoms with E-state index in [9.17, 15) is 18.8 Å². The maximum Gasteiger partial charge on any atom is 0.289 e. The quantitative estimate of drug-likeness (QED) is 0.553. The van der Waals surface area contributed by atoms with Crippen LogP contribution in [0.15, 0.2) is 42.5 Å². The van der Waals surface area contributed by atoms with Gasteiger partial charge in [0.2, 0.25) is 12.2 Å². The molecule has 8 heteroatoms. The lowest BCUT2D eigenvalue weighted by Gasteiger charge is -2.25. The van der Waals surface area contributed by atoms with Crippen LogP contribution in [0.3, 0.4) is 0 Å². The van der Waals surface area contributed by atoms with Gasteiger partial charge in [-0.1, -0.05) is 23.7 Å². The fraction of sp³-hybridized carbons (Fsp3) is 0.211. The summed E-state index contributed by atoms with van der Waals surface area (Å²) in [5, 5.41) is 3.01. The monoisotopic (exact) mass is 392 g/mol. The van der Waals surface area contributed by atoms with Crippen molar-refractivity contribution in [2.75, 3.05) is 12.0 Å². The number of benzene rings is 2. The number of nitrogens with zero attached hydrogens (tertiary/aromatic N) is 1. The van der Waals surface area contributed by atoms with Crippen molar-refractivity contribution in [2.24, 2.45) is 0 Å². The van der Waals surface area contributed by atoms with E-state index >= 15 is 0 Å². The summed E-state index contributed by atoms with van der Waals surface area (Å²) in [6.07, 6.45) is 0.391. The highest BCUT2D eigenvalue weighted by atomic mass is 35.5. The van der Waals surface area contributed by atoms with Gasteiger partial charge in [0, 0.05) is 17.6 Å². The number of carbonyl (C=O) groups is 3. The van der Waals surface area contributed by atoms with Crippen LogP contribution in [0, 0.1) is 5.82 Å². The third kappa shape index (κ3) is 5.04. The van der Waals surface area contributed by atoms with Crippen molar-refractivity contribution in [3.05, 3.63) is 58.9 Å². The van der Waals surface area contributed by atoms with E-state index in [4.69, 9.17) is 16.3 Å². The number of rotatable bonds is 8. The van der Waals surface area contributed by atoms with E-state index in [1.54, 1.807) is 24.3 Å². The number of Topliss-reactive ketones (excluding diaryl/α,β-unsaturated/α-hetero) is 1. The Morgan fingerprint density at radius 3 is 2.67 bits per heavy atom. The van der Waals surface area contributed by atoms with Crippen molar-refractivity contribution >= 4 is 35.4 Å². The number of anilines is 1. The number of nitrogens with one attached hydrogen (secondary N) is 1. The molecular formula is C19H18ClFN2O4. The maximum absolute atomic E-state index is 13.4. The average Bonchev–Trinajstić information content (AvgIpc) is 2.66. The van der Waals surface area contributed by atoms with Crippen LogP contribution >= 0.6 is 11.6 Å². The summed E-state index contributed by atoms with van der Waals surface area (Å²) in [4.78, 5) is 37.1. The predicted molar refractivity (Wildman–Crippen MR) is 99.3 cm³/mol. The minimum atomic E-state index is -1.11. The number of halogens is 2. The summed E-state index contributed by atoms with van der Waals surface area (Å²) >= 11 is 5.88. The Morgan fingerprint density at radius 1 is 1.30 bits per heavy atom. The molecule has 0 aliphatic carbocycles. The van der Waals surface area contributed by atoms with Crippen LogP contribution in [0.1, 0.15) is 12.5 Å². The minimum absolute atomic E-state index is 0.0704. The lowest BCUT2D eigenvalue weighted by Crippen LogP contribution is -2.45. The number of methoxy groups -OCH3 is 1. The second kappa shape index (κ2) is 9.14. The predicted octanol–water partition coefficient (Wildman–Crippen LogP) is 2.72. The van der Waals surface area contributed by atoms with Crippen molar-refractivity contribution < 1.29 is 23.5 Å². The maximum atomic E-state index is 13.4. The van der Waals surface area contributed by atoms with Crippen molar-refractivity contribution in [1.82, 2.24) is 5.32 Å². The molecule has 0 aromatic heterocycles. The van der Waals surface area contributed by atoms with Gasteiger partial charge in [-0.3, -0.25) is 14.4 Å². The fourth-order valence-electron chi connectivity index (χ4n) is 2.45. The summed E-state index contributed by atoms with van der Waals surface area (Å²) in [5.41, 5.74) is 0.904. The first-order chi connectivity index (χ1) is 12.9. The van der Waals surface area contributed by atoms with Gasteiger partial charge in [0.25, 0.3) is 5.91 Å². The highest BCUT2D eigenvalue weighted by Crippen LogP contribution is 2.29. The molecule has 0 spiro atoms. The summed E-state index contributed by atoms with van der Waals surface area (Å²) < 4.78 is 18.4. The zero-order chi connectivity index (χ0) is 20.0. The Balaban J connectivity index is 2.11. The highest BCUT2D eigenvalue weighted by molar-refractivity contribution is 6.39. The molecule has 0 saturated heterocycles. The smallest absolute Gasteiger partial charge is 0.289 e. The summed E-state index contributed by atoms with van der Waals surface area (Å²) in [5.74, 6) is -2.16. The Hall–Kier alpha value is -2.93. The lowest BCUT2D eigenvalue weighted by atomic mass is 10.1. The lowest BCUT2D eigenvalue weighted by molar-refractivity contribution is -0.138. The van der Waals surface area contributed by atoms with Crippen LogP contribution in [-0.2, 0) is 20.9 Å². The molecule has 6 nitrogen and oxygen atoms in total. The first-order valence-corrected chi connectivity index (χ1v) is 8.38. The van der Waals surface area contributed by atoms with Crippen molar-refractivity contribution in [2.45, 2.75) is 19.5 Å². The molecule has 0 bridgehead atoms.